The number of aliphatic hydroxyl groups is 1. The SMILES string of the molecule is CCC(O)CN(c1ccccc1)S(=O)(=O)c1cccc(C(=O)OC)c1. The third kappa shape index (κ3) is 4.37. The molecule has 0 amide bonds. The molecule has 2 aromatic rings. The molecule has 0 aromatic heterocycles. The van der Waals surface area contributed by atoms with E-state index in [1.54, 1.807) is 37.3 Å². The van der Waals surface area contributed by atoms with Crippen molar-refractivity contribution in [1.29, 1.82) is 0 Å². The normalized spacial score (nSPS) is 12.4. The van der Waals surface area contributed by atoms with Crippen LogP contribution in [0.4, 0.5) is 5.69 Å². The van der Waals surface area contributed by atoms with Gasteiger partial charge in [-0.3, -0.25) is 4.31 Å². The molecule has 1 N–H and O–H groups in total. The Labute approximate surface area is 147 Å². The fourth-order valence-electron chi connectivity index (χ4n) is 2.29. The molecule has 0 radical (unpaired) electrons. The first kappa shape index (κ1) is 19.0. The number of methoxy groups -OCH3 is 1. The van der Waals surface area contributed by atoms with Crippen molar-refractivity contribution < 1.29 is 23.1 Å². The first-order valence-electron chi connectivity index (χ1n) is 7.84. The van der Waals surface area contributed by atoms with Crippen molar-refractivity contribution >= 4 is 21.7 Å². The number of carbonyl (C=O) groups excluding carboxylic acids is 1. The van der Waals surface area contributed by atoms with Gasteiger partial charge in [0.05, 0.1) is 35.9 Å². The summed E-state index contributed by atoms with van der Waals surface area (Å²) in [5.74, 6) is -0.614. The van der Waals surface area contributed by atoms with E-state index in [0.717, 1.165) is 4.31 Å². The Bertz CT molecular complexity index is 820. The van der Waals surface area contributed by atoms with E-state index in [2.05, 4.69) is 4.74 Å². The molecule has 134 valence electrons. The quantitative estimate of drug-likeness (QED) is 0.764. The fraction of sp³-hybridized carbons (Fsp3) is 0.278. The van der Waals surface area contributed by atoms with Gasteiger partial charge in [-0.25, -0.2) is 13.2 Å². The van der Waals surface area contributed by atoms with E-state index in [1.807, 2.05) is 0 Å². The number of esters is 1. The van der Waals surface area contributed by atoms with E-state index < -0.39 is 22.1 Å². The van der Waals surface area contributed by atoms with E-state index in [-0.39, 0.29) is 17.0 Å². The van der Waals surface area contributed by atoms with E-state index in [1.165, 1.54) is 31.4 Å². The third-order valence-electron chi connectivity index (χ3n) is 3.74. The van der Waals surface area contributed by atoms with Crippen molar-refractivity contribution in [2.24, 2.45) is 0 Å². The maximum absolute atomic E-state index is 13.1. The number of ether oxygens (including phenoxy) is 1. The van der Waals surface area contributed by atoms with Gasteiger partial charge in [0, 0.05) is 0 Å². The number of nitrogens with zero attached hydrogens (tertiary/aromatic N) is 1. The number of rotatable bonds is 7. The summed E-state index contributed by atoms with van der Waals surface area (Å²) < 4.78 is 32.0. The van der Waals surface area contributed by atoms with Crippen molar-refractivity contribution in [3.05, 3.63) is 60.2 Å². The van der Waals surface area contributed by atoms with Crippen molar-refractivity contribution in [2.45, 2.75) is 24.3 Å². The maximum Gasteiger partial charge on any atom is 0.337 e. The Morgan fingerprint density at radius 1 is 1.16 bits per heavy atom. The highest BCUT2D eigenvalue weighted by atomic mass is 32.2. The summed E-state index contributed by atoms with van der Waals surface area (Å²) in [5.41, 5.74) is 0.589. The largest absolute Gasteiger partial charge is 0.465 e. The molecule has 1 atom stereocenters. The van der Waals surface area contributed by atoms with Gasteiger partial charge in [-0.1, -0.05) is 31.2 Å². The van der Waals surface area contributed by atoms with Crippen LogP contribution in [-0.2, 0) is 14.8 Å². The average Bonchev–Trinajstić information content (AvgIpc) is 2.65. The highest BCUT2D eigenvalue weighted by Gasteiger charge is 2.27. The number of hydrogen-bond donors (Lipinski definition) is 1. The lowest BCUT2D eigenvalue weighted by molar-refractivity contribution is 0.0600. The van der Waals surface area contributed by atoms with Crippen molar-refractivity contribution in [3.8, 4) is 0 Å². The van der Waals surface area contributed by atoms with Gasteiger partial charge >= 0.3 is 5.97 Å². The van der Waals surface area contributed by atoms with Gasteiger partial charge in [-0.15, -0.1) is 0 Å². The van der Waals surface area contributed by atoms with Gasteiger partial charge in [0.1, 0.15) is 0 Å². The molecule has 2 rings (SSSR count). The van der Waals surface area contributed by atoms with E-state index in [9.17, 15) is 18.3 Å². The maximum atomic E-state index is 13.1. The smallest absolute Gasteiger partial charge is 0.337 e. The summed E-state index contributed by atoms with van der Waals surface area (Å²) in [4.78, 5) is 11.6. The van der Waals surface area contributed by atoms with Crippen LogP contribution in [0.5, 0.6) is 0 Å². The Balaban J connectivity index is 2.50. The lowest BCUT2D eigenvalue weighted by atomic mass is 10.2. The molecule has 2 aromatic carbocycles. The summed E-state index contributed by atoms with van der Waals surface area (Å²) in [6, 6.07) is 14.2. The lowest BCUT2D eigenvalue weighted by Gasteiger charge is -2.26. The van der Waals surface area contributed by atoms with Crippen LogP contribution >= 0.6 is 0 Å². The minimum Gasteiger partial charge on any atom is -0.465 e. The zero-order chi connectivity index (χ0) is 18.4. The minimum atomic E-state index is -3.96. The fourth-order valence-corrected chi connectivity index (χ4v) is 3.83. The molecule has 1 unspecified atom stereocenters. The molecule has 0 saturated heterocycles. The first-order valence-corrected chi connectivity index (χ1v) is 9.28. The van der Waals surface area contributed by atoms with E-state index >= 15 is 0 Å². The average molecular weight is 363 g/mol. The van der Waals surface area contributed by atoms with Crippen LogP contribution in [0.2, 0.25) is 0 Å². The predicted molar refractivity (Wildman–Crippen MR) is 95.1 cm³/mol. The van der Waals surface area contributed by atoms with E-state index in [0.29, 0.717) is 12.1 Å². The molecule has 0 spiro atoms. The standard InChI is InChI=1S/C18H21NO5S/c1-3-16(20)13-19(15-9-5-4-6-10-15)25(22,23)17-11-7-8-14(12-17)18(21)24-2/h4-12,16,20H,3,13H2,1-2H3. The van der Waals surface area contributed by atoms with E-state index in [4.69, 9.17) is 0 Å². The molecule has 0 aliphatic heterocycles. The van der Waals surface area contributed by atoms with Gasteiger partial charge in [-0.2, -0.15) is 0 Å². The summed E-state index contributed by atoms with van der Waals surface area (Å²) in [6.07, 6.45) is -0.389. The van der Waals surface area contributed by atoms with Crippen molar-refractivity contribution in [1.82, 2.24) is 0 Å². The predicted octanol–water partition coefficient (Wildman–Crippen LogP) is 2.44. The monoisotopic (exact) mass is 363 g/mol. The number of anilines is 1. The van der Waals surface area contributed by atoms with Crippen LogP contribution in [-0.4, -0.2) is 39.3 Å². The van der Waals surface area contributed by atoms with Crippen LogP contribution in [0.3, 0.4) is 0 Å². The minimum absolute atomic E-state index is 0.0393. The van der Waals surface area contributed by atoms with Crippen LogP contribution in [0, 0.1) is 0 Å². The number of aliphatic hydroxyl groups excluding tert-OH is 1. The Morgan fingerprint density at radius 2 is 1.84 bits per heavy atom. The summed E-state index contributed by atoms with van der Waals surface area (Å²) in [5, 5.41) is 10.0. The van der Waals surface area contributed by atoms with Crippen LogP contribution in [0.15, 0.2) is 59.5 Å². The molecule has 0 heterocycles. The number of hydrogen-bond acceptors (Lipinski definition) is 5. The number of para-hydroxylation sites is 1. The summed E-state index contributed by atoms with van der Waals surface area (Å²) in [6.45, 7) is 1.70. The van der Waals surface area contributed by atoms with Gasteiger partial charge in [0.25, 0.3) is 10.0 Å². The van der Waals surface area contributed by atoms with Gasteiger partial charge in [0.2, 0.25) is 0 Å². The second kappa shape index (κ2) is 8.13. The second-order valence-electron chi connectivity index (χ2n) is 5.45. The summed E-state index contributed by atoms with van der Waals surface area (Å²) >= 11 is 0. The molecule has 0 aliphatic carbocycles. The molecule has 0 aliphatic rings. The first-order chi connectivity index (χ1) is 11.9. The Kier molecular flexibility index (Phi) is 6.17. The van der Waals surface area contributed by atoms with Crippen LogP contribution in [0.1, 0.15) is 23.7 Å². The topological polar surface area (TPSA) is 83.9 Å². The molecule has 25 heavy (non-hydrogen) atoms. The van der Waals surface area contributed by atoms with Gasteiger partial charge in [0.15, 0.2) is 0 Å². The van der Waals surface area contributed by atoms with Crippen LogP contribution in [0.25, 0.3) is 0 Å². The Hall–Kier alpha value is -2.38. The third-order valence-corrected chi connectivity index (χ3v) is 5.52. The second-order valence-corrected chi connectivity index (χ2v) is 7.32. The zero-order valence-electron chi connectivity index (χ0n) is 14.1. The van der Waals surface area contributed by atoms with Crippen LogP contribution < -0.4 is 4.31 Å². The highest BCUT2D eigenvalue weighted by Crippen LogP contribution is 2.25. The number of sulfonamides is 1. The lowest BCUT2D eigenvalue weighted by Crippen LogP contribution is -2.37. The summed E-state index contributed by atoms with van der Waals surface area (Å²) in [7, 11) is -2.72. The molecule has 0 fully saturated rings. The van der Waals surface area contributed by atoms with Crippen molar-refractivity contribution in [2.75, 3.05) is 18.0 Å². The van der Waals surface area contributed by atoms with Crippen molar-refractivity contribution in [3.63, 3.8) is 0 Å². The molecule has 6 nitrogen and oxygen atoms in total. The number of carbonyl (C=O) groups is 1. The van der Waals surface area contributed by atoms with Gasteiger partial charge in [-0.05, 0) is 36.8 Å². The molecular weight excluding hydrogens is 342 g/mol. The Morgan fingerprint density at radius 3 is 2.44 bits per heavy atom. The van der Waals surface area contributed by atoms with Gasteiger partial charge < -0.3 is 9.84 Å². The molecule has 0 saturated carbocycles. The highest BCUT2D eigenvalue weighted by molar-refractivity contribution is 7.92. The zero-order valence-corrected chi connectivity index (χ0v) is 14.9. The molecular formula is C18H21NO5S. The molecule has 7 heteroatoms. The molecule has 0 bridgehead atoms. The number of benzene rings is 2.